The summed E-state index contributed by atoms with van der Waals surface area (Å²) in [6.45, 7) is 3.38. The third-order valence-electron chi connectivity index (χ3n) is 2.81. The zero-order valence-electron chi connectivity index (χ0n) is 10.3. The molecule has 2 nitrogen and oxygen atoms in total. The molecule has 0 amide bonds. The van der Waals surface area contributed by atoms with E-state index in [1.807, 2.05) is 6.07 Å². The molecule has 0 fully saturated rings. The average molecular weight is 262 g/mol. The van der Waals surface area contributed by atoms with Gasteiger partial charge in [-0.25, -0.2) is 0 Å². The maximum Gasteiger partial charge on any atom is 0.121 e. The molecule has 0 saturated carbocycles. The van der Waals surface area contributed by atoms with Crippen LogP contribution in [0.3, 0.4) is 0 Å². The Kier molecular flexibility index (Phi) is 4.24. The number of aromatic hydroxyl groups is 1. The van der Waals surface area contributed by atoms with Crippen molar-refractivity contribution in [3.05, 3.63) is 64.2 Å². The first-order valence-electron chi connectivity index (χ1n) is 5.89. The largest absolute Gasteiger partial charge is 0.508 e. The number of phenols is 1. The van der Waals surface area contributed by atoms with Crippen molar-refractivity contribution in [1.82, 2.24) is 5.32 Å². The Hall–Kier alpha value is -1.51. The quantitative estimate of drug-likeness (QED) is 0.881. The van der Waals surface area contributed by atoms with Crippen molar-refractivity contribution in [2.75, 3.05) is 0 Å². The fourth-order valence-electron chi connectivity index (χ4n) is 1.88. The molecule has 0 spiro atoms. The van der Waals surface area contributed by atoms with Crippen molar-refractivity contribution >= 4 is 11.6 Å². The van der Waals surface area contributed by atoms with Crippen molar-refractivity contribution in [3.8, 4) is 5.75 Å². The SMILES string of the molecule is Cc1cccc(CNCc2c(O)cccc2Cl)c1. The zero-order chi connectivity index (χ0) is 13.0. The lowest BCUT2D eigenvalue weighted by atomic mass is 10.1. The van der Waals surface area contributed by atoms with Crippen LogP contribution in [0.1, 0.15) is 16.7 Å². The van der Waals surface area contributed by atoms with Crippen molar-refractivity contribution in [3.63, 3.8) is 0 Å². The highest BCUT2D eigenvalue weighted by Crippen LogP contribution is 2.24. The minimum atomic E-state index is 0.235. The van der Waals surface area contributed by atoms with Gasteiger partial charge in [0.1, 0.15) is 5.75 Å². The van der Waals surface area contributed by atoms with Crippen molar-refractivity contribution in [1.29, 1.82) is 0 Å². The van der Waals surface area contributed by atoms with Gasteiger partial charge < -0.3 is 10.4 Å². The second-order valence-corrected chi connectivity index (χ2v) is 4.74. The van der Waals surface area contributed by atoms with E-state index in [9.17, 15) is 5.11 Å². The first kappa shape index (κ1) is 12.9. The van der Waals surface area contributed by atoms with Crippen molar-refractivity contribution in [2.45, 2.75) is 20.0 Å². The van der Waals surface area contributed by atoms with Crippen molar-refractivity contribution in [2.24, 2.45) is 0 Å². The molecule has 3 heteroatoms. The summed E-state index contributed by atoms with van der Waals surface area (Å²) in [5, 5.41) is 13.6. The topological polar surface area (TPSA) is 32.3 Å². The number of nitrogens with one attached hydrogen (secondary N) is 1. The molecule has 0 saturated heterocycles. The van der Waals surface area contributed by atoms with Crippen molar-refractivity contribution < 1.29 is 5.11 Å². The van der Waals surface area contributed by atoms with Gasteiger partial charge in [0.15, 0.2) is 0 Å². The van der Waals surface area contributed by atoms with Crippen LogP contribution in [0.15, 0.2) is 42.5 Å². The average Bonchev–Trinajstić information content (AvgIpc) is 2.33. The molecule has 0 aromatic heterocycles. The molecular formula is C15H16ClNO. The maximum atomic E-state index is 9.71. The molecule has 94 valence electrons. The molecule has 0 aliphatic carbocycles. The molecular weight excluding hydrogens is 246 g/mol. The van der Waals surface area contributed by atoms with Crippen LogP contribution in [-0.2, 0) is 13.1 Å². The van der Waals surface area contributed by atoms with Gasteiger partial charge in [-0.15, -0.1) is 0 Å². The Balaban J connectivity index is 1.97. The van der Waals surface area contributed by atoms with Crippen LogP contribution in [0.5, 0.6) is 5.75 Å². The highest BCUT2D eigenvalue weighted by atomic mass is 35.5. The van der Waals surface area contributed by atoms with Crippen LogP contribution >= 0.6 is 11.6 Å². The monoisotopic (exact) mass is 261 g/mol. The van der Waals surface area contributed by atoms with E-state index in [4.69, 9.17) is 11.6 Å². The molecule has 0 atom stereocenters. The molecule has 0 aliphatic heterocycles. The third-order valence-corrected chi connectivity index (χ3v) is 3.16. The third kappa shape index (κ3) is 3.25. The molecule has 0 unspecified atom stereocenters. The van der Waals surface area contributed by atoms with Crippen LogP contribution in [-0.4, -0.2) is 5.11 Å². The second-order valence-electron chi connectivity index (χ2n) is 4.33. The lowest BCUT2D eigenvalue weighted by Crippen LogP contribution is -2.13. The molecule has 18 heavy (non-hydrogen) atoms. The van der Waals surface area contributed by atoms with E-state index < -0.39 is 0 Å². The number of rotatable bonds is 4. The normalized spacial score (nSPS) is 10.6. The predicted octanol–water partition coefficient (Wildman–Crippen LogP) is 3.64. The summed E-state index contributed by atoms with van der Waals surface area (Å²) in [5.74, 6) is 0.235. The Morgan fingerprint density at radius 3 is 2.61 bits per heavy atom. The van der Waals surface area contributed by atoms with Gasteiger partial charge in [0.2, 0.25) is 0 Å². The van der Waals surface area contributed by atoms with E-state index in [0.29, 0.717) is 11.6 Å². The van der Waals surface area contributed by atoms with Gasteiger partial charge in [-0.2, -0.15) is 0 Å². The van der Waals surface area contributed by atoms with Gasteiger partial charge in [-0.05, 0) is 24.6 Å². The minimum Gasteiger partial charge on any atom is -0.508 e. The molecule has 0 bridgehead atoms. The number of benzene rings is 2. The number of hydrogen-bond acceptors (Lipinski definition) is 2. The lowest BCUT2D eigenvalue weighted by Gasteiger charge is -2.09. The molecule has 2 N–H and O–H groups in total. The second kappa shape index (κ2) is 5.89. The van der Waals surface area contributed by atoms with Gasteiger partial charge in [-0.1, -0.05) is 47.5 Å². The zero-order valence-corrected chi connectivity index (χ0v) is 11.0. The fraction of sp³-hybridized carbons (Fsp3) is 0.200. The summed E-state index contributed by atoms with van der Waals surface area (Å²) in [6.07, 6.45) is 0. The van der Waals surface area contributed by atoms with Crippen LogP contribution in [0, 0.1) is 6.92 Å². The van der Waals surface area contributed by atoms with E-state index in [-0.39, 0.29) is 5.75 Å². The molecule has 0 aliphatic rings. The van der Waals surface area contributed by atoms with E-state index >= 15 is 0 Å². The first-order valence-corrected chi connectivity index (χ1v) is 6.27. The lowest BCUT2D eigenvalue weighted by molar-refractivity contribution is 0.464. The molecule has 2 aromatic carbocycles. The van der Waals surface area contributed by atoms with Crippen LogP contribution in [0.2, 0.25) is 5.02 Å². The summed E-state index contributed by atoms with van der Waals surface area (Å²) in [6, 6.07) is 13.5. The van der Waals surface area contributed by atoms with Gasteiger partial charge in [0.05, 0.1) is 0 Å². The summed E-state index contributed by atoms with van der Waals surface area (Å²) >= 11 is 6.04. The Morgan fingerprint density at radius 1 is 1.11 bits per heavy atom. The molecule has 0 heterocycles. The van der Waals surface area contributed by atoms with E-state index in [0.717, 1.165) is 12.1 Å². The molecule has 2 aromatic rings. The smallest absolute Gasteiger partial charge is 0.121 e. The maximum absolute atomic E-state index is 9.71. The first-order chi connectivity index (χ1) is 8.66. The Labute approximate surface area is 112 Å². The summed E-state index contributed by atoms with van der Waals surface area (Å²) in [7, 11) is 0. The van der Waals surface area contributed by atoms with Gasteiger partial charge in [0.25, 0.3) is 0 Å². The van der Waals surface area contributed by atoms with Gasteiger partial charge in [-0.3, -0.25) is 0 Å². The minimum absolute atomic E-state index is 0.235. The fourth-order valence-corrected chi connectivity index (χ4v) is 2.11. The van der Waals surface area contributed by atoms with E-state index in [1.54, 1.807) is 18.2 Å². The van der Waals surface area contributed by atoms with Crippen LogP contribution in [0.25, 0.3) is 0 Å². The van der Waals surface area contributed by atoms with E-state index in [1.165, 1.54) is 11.1 Å². The van der Waals surface area contributed by atoms with E-state index in [2.05, 4.69) is 30.4 Å². The highest BCUT2D eigenvalue weighted by molar-refractivity contribution is 6.31. The number of aryl methyl sites for hydroxylation is 1. The molecule has 0 radical (unpaired) electrons. The van der Waals surface area contributed by atoms with Crippen LogP contribution in [0.4, 0.5) is 0 Å². The predicted molar refractivity (Wildman–Crippen MR) is 74.8 cm³/mol. The van der Waals surface area contributed by atoms with Gasteiger partial charge >= 0.3 is 0 Å². The summed E-state index contributed by atoms with van der Waals surface area (Å²) in [5.41, 5.74) is 3.21. The Morgan fingerprint density at radius 2 is 1.89 bits per heavy atom. The Bertz CT molecular complexity index is 520. The summed E-state index contributed by atoms with van der Waals surface area (Å²) < 4.78 is 0. The highest BCUT2D eigenvalue weighted by Gasteiger charge is 2.05. The standard InChI is InChI=1S/C15H16ClNO/c1-11-4-2-5-12(8-11)9-17-10-13-14(16)6-3-7-15(13)18/h2-8,17-18H,9-10H2,1H3. The number of halogens is 1. The number of hydrogen-bond donors (Lipinski definition) is 2. The molecule has 2 rings (SSSR count). The number of phenolic OH excluding ortho intramolecular Hbond substituents is 1. The summed E-state index contributed by atoms with van der Waals surface area (Å²) in [4.78, 5) is 0. The van der Waals surface area contributed by atoms with Gasteiger partial charge in [0, 0.05) is 23.7 Å². The van der Waals surface area contributed by atoms with Crippen LogP contribution < -0.4 is 5.32 Å².